The first-order valence-electron chi connectivity index (χ1n) is 4.53. The molecule has 0 unspecified atom stereocenters. The summed E-state index contributed by atoms with van der Waals surface area (Å²) in [4.78, 5) is 10.3. The Balaban J connectivity index is 3.12. The molecular formula is C10H13NO4S. The lowest BCUT2D eigenvalue weighted by Gasteiger charge is -2.08. The fraction of sp³-hybridized carbons (Fsp3) is 0.300. The van der Waals surface area contributed by atoms with Gasteiger partial charge in [-0.3, -0.25) is 4.79 Å². The molecule has 1 aromatic rings. The van der Waals surface area contributed by atoms with E-state index in [4.69, 9.17) is 4.74 Å². The number of hydrogen-bond acceptors (Lipinski definition) is 4. The van der Waals surface area contributed by atoms with Gasteiger partial charge in [0.25, 0.3) is 0 Å². The van der Waals surface area contributed by atoms with Gasteiger partial charge in [0.2, 0.25) is 6.41 Å². The van der Waals surface area contributed by atoms with Gasteiger partial charge in [0.15, 0.2) is 9.84 Å². The number of benzene rings is 1. The van der Waals surface area contributed by atoms with Crippen LogP contribution in [0.15, 0.2) is 23.1 Å². The highest BCUT2D eigenvalue weighted by Gasteiger charge is 2.14. The first kappa shape index (κ1) is 12.5. The monoisotopic (exact) mass is 243 g/mol. The number of methoxy groups -OCH3 is 1. The number of carbonyl (C=O) groups excluding carboxylic acids is 1. The average molecular weight is 243 g/mol. The number of hydrogen-bond donors (Lipinski definition) is 1. The van der Waals surface area contributed by atoms with E-state index < -0.39 is 9.84 Å². The van der Waals surface area contributed by atoms with Crippen LogP contribution in [0.4, 0.5) is 0 Å². The molecule has 0 aromatic heterocycles. The smallest absolute Gasteiger partial charge is 0.207 e. The molecule has 0 heterocycles. The Labute approximate surface area is 94.3 Å². The third kappa shape index (κ3) is 2.96. The highest BCUT2D eigenvalue weighted by atomic mass is 32.2. The zero-order chi connectivity index (χ0) is 12.2. The van der Waals surface area contributed by atoms with Crippen molar-refractivity contribution in [2.75, 3.05) is 13.4 Å². The molecule has 16 heavy (non-hydrogen) atoms. The molecule has 1 amide bonds. The van der Waals surface area contributed by atoms with Crippen LogP contribution in [-0.4, -0.2) is 28.2 Å². The summed E-state index contributed by atoms with van der Waals surface area (Å²) in [6.45, 7) is 0.337. The van der Waals surface area contributed by atoms with Gasteiger partial charge in [0.1, 0.15) is 10.6 Å². The van der Waals surface area contributed by atoms with Crippen LogP contribution in [0, 0.1) is 0 Å². The minimum Gasteiger partial charge on any atom is -0.495 e. The highest BCUT2D eigenvalue weighted by molar-refractivity contribution is 7.90. The Morgan fingerprint density at radius 1 is 1.44 bits per heavy atom. The fourth-order valence-corrected chi connectivity index (χ4v) is 2.11. The van der Waals surface area contributed by atoms with Crippen molar-refractivity contribution in [1.29, 1.82) is 0 Å². The second kappa shape index (κ2) is 4.98. The van der Waals surface area contributed by atoms with Gasteiger partial charge in [0.05, 0.1) is 7.11 Å². The maximum Gasteiger partial charge on any atom is 0.207 e. The zero-order valence-electron chi connectivity index (χ0n) is 9.06. The second-order valence-electron chi connectivity index (χ2n) is 3.26. The van der Waals surface area contributed by atoms with Gasteiger partial charge >= 0.3 is 0 Å². The van der Waals surface area contributed by atoms with Crippen molar-refractivity contribution in [3.63, 3.8) is 0 Å². The Morgan fingerprint density at radius 2 is 2.12 bits per heavy atom. The van der Waals surface area contributed by atoms with E-state index >= 15 is 0 Å². The summed E-state index contributed by atoms with van der Waals surface area (Å²) in [5.74, 6) is 0.285. The second-order valence-corrected chi connectivity index (χ2v) is 5.24. The van der Waals surface area contributed by atoms with E-state index in [2.05, 4.69) is 5.32 Å². The standard InChI is InChI=1S/C10H13NO4S/c1-15-9-5-8(6-11-7-12)3-4-10(9)16(2,13)14/h3-5,7H,6H2,1-2H3,(H,11,12). The van der Waals surface area contributed by atoms with Crippen LogP contribution in [0.3, 0.4) is 0 Å². The van der Waals surface area contributed by atoms with Crippen molar-refractivity contribution in [2.45, 2.75) is 11.4 Å². The minimum atomic E-state index is -3.30. The Bertz CT molecular complexity index is 482. The zero-order valence-corrected chi connectivity index (χ0v) is 9.87. The molecule has 0 saturated heterocycles. The van der Waals surface area contributed by atoms with Crippen LogP contribution in [0.5, 0.6) is 5.75 Å². The van der Waals surface area contributed by atoms with Gasteiger partial charge in [-0.2, -0.15) is 0 Å². The molecule has 6 heteroatoms. The maximum absolute atomic E-state index is 11.4. The lowest BCUT2D eigenvalue weighted by molar-refractivity contribution is -0.109. The normalized spacial score (nSPS) is 10.9. The molecule has 5 nitrogen and oxygen atoms in total. The van der Waals surface area contributed by atoms with Crippen LogP contribution >= 0.6 is 0 Å². The van der Waals surface area contributed by atoms with E-state index in [0.29, 0.717) is 13.0 Å². The van der Waals surface area contributed by atoms with Crippen molar-refractivity contribution >= 4 is 16.2 Å². The van der Waals surface area contributed by atoms with Gasteiger partial charge in [-0.25, -0.2) is 8.42 Å². The predicted octanol–water partition coefficient (Wildman–Crippen LogP) is 0.345. The number of rotatable bonds is 5. The lowest BCUT2D eigenvalue weighted by atomic mass is 10.2. The molecule has 0 aliphatic heterocycles. The summed E-state index contributed by atoms with van der Waals surface area (Å²) in [6, 6.07) is 4.69. The van der Waals surface area contributed by atoms with E-state index in [-0.39, 0.29) is 10.6 Å². The van der Waals surface area contributed by atoms with Crippen molar-refractivity contribution in [2.24, 2.45) is 0 Å². The maximum atomic E-state index is 11.4. The third-order valence-corrected chi connectivity index (χ3v) is 3.15. The number of nitrogens with one attached hydrogen (secondary N) is 1. The summed E-state index contributed by atoms with van der Waals surface area (Å²) < 4.78 is 27.8. The van der Waals surface area contributed by atoms with Crippen LogP contribution in [0.25, 0.3) is 0 Å². The van der Waals surface area contributed by atoms with E-state index in [1.165, 1.54) is 13.2 Å². The Morgan fingerprint density at radius 3 is 2.62 bits per heavy atom. The number of carbonyl (C=O) groups is 1. The molecule has 0 atom stereocenters. The third-order valence-electron chi connectivity index (χ3n) is 2.02. The van der Waals surface area contributed by atoms with E-state index in [9.17, 15) is 13.2 Å². The van der Waals surface area contributed by atoms with Crippen LogP contribution < -0.4 is 10.1 Å². The number of ether oxygens (including phenoxy) is 1. The van der Waals surface area contributed by atoms with Crippen molar-refractivity contribution in [1.82, 2.24) is 5.32 Å². The van der Waals surface area contributed by atoms with Gasteiger partial charge in [-0.15, -0.1) is 0 Å². The molecule has 1 N–H and O–H groups in total. The largest absolute Gasteiger partial charge is 0.495 e. The first-order chi connectivity index (χ1) is 7.49. The molecule has 0 spiro atoms. The quantitative estimate of drug-likeness (QED) is 0.757. The van der Waals surface area contributed by atoms with Gasteiger partial charge < -0.3 is 10.1 Å². The highest BCUT2D eigenvalue weighted by Crippen LogP contribution is 2.24. The topological polar surface area (TPSA) is 72.5 Å². The van der Waals surface area contributed by atoms with Crippen LogP contribution in [-0.2, 0) is 21.2 Å². The Kier molecular flexibility index (Phi) is 3.89. The van der Waals surface area contributed by atoms with Crippen molar-refractivity contribution in [3.8, 4) is 5.75 Å². The molecule has 0 fully saturated rings. The van der Waals surface area contributed by atoms with Crippen molar-refractivity contribution < 1.29 is 17.9 Å². The SMILES string of the molecule is COc1cc(CNC=O)ccc1S(C)(=O)=O. The van der Waals surface area contributed by atoms with E-state index in [1.807, 2.05) is 0 Å². The number of amides is 1. The van der Waals surface area contributed by atoms with Crippen LogP contribution in [0.2, 0.25) is 0 Å². The molecule has 0 bridgehead atoms. The molecule has 88 valence electrons. The summed E-state index contributed by atoms with van der Waals surface area (Å²) in [6.07, 6.45) is 1.70. The summed E-state index contributed by atoms with van der Waals surface area (Å²) in [7, 11) is -1.89. The molecule has 0 radical (unpaired) electrons. The van der Waals surface area contributed by atoms with Gasteiger partial charge in [0, 0.05) is 12.8 Å². The van der Waals surface area contributed by atoms with Crippen LogP contribution in [0.1, 0.15) is 5.56 Å². The average Bonchev–Trinajstić information content (AvgIpc) is 2.24. The van der Waals surface area contributed by atoms with Gasteiger partial charge in [-0.05, 0) is 17.7 Å². The van der Waals surface area contributed by atoms with Gasteiger partial charge in [-0.1, -0.05) is 6.07 Å². The molecule has 1 rings (SSSR count). The Hall–Kier alpha value is -1.56. The molecular weight excluding hydrogens is 230 g/mol. The fourth-order valence-electron chi connectivity index (χ4n) is 1.29. The van der Waals surface area contributed by atoms with E-state index in [1.54, 1.807) is 12.1 Å². The molecule has 0 saturated carbocycles. The summed E-state index contributed by atoms with van der Waals surface area (Å²) in [5, 5.41) is 2.49. The van der Waals surface area contributed by atoms with E-state index in [0.717, 1.165) is 11.8 Å². The number of sulfone groups is 1. The summed E-state index contributed by atoms with van der Waals surface area (Å²) in [5.41, 5.74) is 0.774. The minimum absolute atomic E-state index is 0.143. The first-order valence-corrected chi connectivity index (χ1v) is 6.42. The molecule has 0 aliphatic carbocycles. The van der Waals surface area contributed by atoms with Crippen molar-refractivity contribution in [3.05, 3.63) is 23.8 Å². The lowest BCUT2D eigenvalue weighted by Crippen LogP contribution is -2.10. The predicted molar refractivity (Wildman–Crippen MR) is 59.0 cm³/mol. The molecule has 1 aromatic carbocycles. The summed E-state index contributed by atoms with van der Waals surface area (Å²) >= 11 is 0. The molecule has 0 aliphatic rings.